The van der Waals surface area contributed by atoms with Gasteiger partial charge in [0.1, 0.15) is 11.3 Å². The number of aryl methyl sites for hydroxylation is 1. The smallest absolute Gasteiger partial charge is 0.108 e. The molecule has 0 amide bonds. The van der Waals surface area contributed by atoms with E-state index < -0.39 is 5.60 Å². The predicted molar refractivity (Wildman–Crippen MR) is 92.1 cm³/mol. The lowest BCUT2D eigenvalue weighted by molar-refractivity contribution is 0.0604. The van der Waals surface area contributed by atoms with Gasteiger partial charge in [-0.25, -0.2) is 0 Å². The van der Waals surface area contributed by atoms with Crippen molar-refractivity contribution in [3.05, 3.63) is 51.7 Å². The molecule has 0 bridgehead atoms. The Morgan fingerprint density at radius 2 is 2.05 bits per heavy atom. The summed E-state index contributed by atoms with van der Waals surface area (Å²) >= 11 is 3.27. The summed E-state index contributed by atoms with van der Waals surface area (Å²) in [7, 11) is 1.93. The number of nitrogens with one attached hydrogen (secondary N) is 1. The van der Waals surface area contributed by atoms with Gasteiger partial charge in [-0.1, -0.05) is 12.1 Å². The van der Waals surface area contributed by atoms with Crippen molar-refractivity contribution in [2.75, 3.05) is 6.54 Å². The van der Waals surface area contributed by atoms with E-state index in [4.69, 9.17) is 0 Å². The van der Waals surface area contributed by atoms with Crippen molar-refractivity contribution in [3.63, 3.8) is 0 Å². The van der Waals surface area contributed by atoms with Gasteiger partial charge in [-0.15, -0.1) is 22.7 Å². The number of nitrogens with zero attached hydrogens (tertiary/aromatic N) is 2. The second-order valence-electron chi connectivity index (χ2n) is 5.51. The first-order valence-electron chi connectivity index (χ1n) is 7.10. The van der Waals surface area contributed by atoms with Gasteiger partial charge in [0.25, 0.3) is 0 Å². The Morgan fingerprint density at radius 3 is 2.73 bits per heavy atom. The molecule has 0 saturated heterocycles. The molecular weight excluding hydrogens is 314 g/mol. The van der Waals surface area contributed by atoms with Gasteiger partial charge in [0, 0.05) is 36.8 Å². The highest BCUT2D eigenvalue weighted by molar-refractivity contribution is 7.13. The van der Waals surface area contributed by atoms with Crippen LogP contribution in [0.1, 0.15) is 17.4 Å². The van der Waals surface area contributed by atoms with Crippen LogP contribution >= 0.6 is 22.7 Å². The molecule has 3 aromatic heterocycles. The van der Waals surface area contributed by atoms with Gasteiger partial charge < -0.3 is 10.4 Å². The van der Waals surface area contributed by atoms with Gasteiger partial charge in [-0.3, -0.25) is 4.68 Å². The molecule has 0 aliphatic carbocycles. The molecule has 116 valence electrons. The Bertz CT molecular complexity index is 715. The molecule has 3 aromatic rings. The van der Waals surface area contributed by atoms with Gasteiger partial charge in [0.15, 0.2) is 0 Å². The van der Waals surface area contributed by atoms with Crippen LogP contribution in [0, 0.1) is 0 Å². The molecule has 1 atom stereocenters. The fourth-order valence-electron chi connectivity index (χ4n) is 2.40. The molecule has 0 aromatic carbocycles. The summed E-state index contributed by atoms with van der Waals surface area (Å²) in [5.41, 5.74) is 1.31. The Balaban J connectivity index is 1.68. The SMILES string of the molecule is Cn1cc(CNCC(C)(O)c2cccs2)c(-c2cccs2)n1. The highest BCUT2D eigenvalue weighted by atomic mass is 32.1. The standard InChI is InChI=1S/C16H19N3OS2/c1-16(20,14-6-4-8-22-14)11-17-9-12-10-19(2)18-15(12)13-5-3-7-21-13/h3-8,10,17,20H,9,11H2,1-2H3. The molecule has 4 nitrogen and oxygen atoms in total. The second kappa shape index (κ2) is 6.34. The normalized spacial score (nSPS) is 14.1. The summed E-state index contributed by atoms with van der Waals surface area (Å²) in [5.74, 6) is 0. The van der Waals surface area contributed by atoms with Crippen LogP contribution < -0.4 is 5.32 Å². The van der Waals surface area contributed by atoms with Crippen LogP contribution in [0.25, 0.3) is 10.6 Å². The lowest BCUT2D eigenvalue weighted by Crippen LogP contribution is -2.34. The van der Waals surface area contributed by atoms with E-state index in [-0.39, 0.29) is 0 Å². The van der Waals surface area contributed by atoms with Crippen molar-refractivity contribution < 1.29 is 5.11 Å². The lowest BCUT2D eigenvalue weighted by atomic mass is 10.1. The maximum absolute atomic E-state index is 10.5. The van der Waals surface area contributed by atoms with Gasteiger partial charge in [0.2, 0.25) is 0 Å². The number of aromatic nitrogens is 2. The summed E-state index contributed by atoms with van der Waals surface area (Å²) in [6.07, 6.45) is 2.03. The number of rotatable bonds is 6. The molecule has 0 aliphatic rings. The third-order valence-corrected chi connectivity index (χ3v) is 5.50. The first kappa shape index (κ1) is 15.4. The van der Waals surface area contributed by atoms with Gasteiger partial charge in [0.05, 0.1) is 4.88 Å². The van der Waals surface area contributed by atoms with Crippen molar-refractivity contribution in [2.45, 2.75) is 19.1 Å². The van der Waals surface area contributed by atoms with Gasteiger partial charge in [-0.05, 0) is 29.8 Å². The van der Waals surface area contributed by atoms with Crippen LogP contribution in [-0.2, 0) is 19.2 Å². The van der Waals surface area contributed by atoms with Crippen molar-refractivity contribution in [1.82, 2.24) is 15.1 Å². The van der Waals surface area contributed by atoms with Crippen molar-refractivity contribution in [1.29, 1.82) is 0 Å². The zero-order valence-corrected chi connectivity index (χ0v) is 14.2. The monoisotopic (exact) mass is 333 g/mol. The number of hydrogen-bond acceptors (Lipinski definition) is 5. The third kappa shape index (κ3) is 3.30. The molecule has 3 heterocycles. The van der Waals surface area contributed by atoms with Gasteiger partial charge in [-0.2, -0.15) is 5.10 Å². The molecule has 3 rings (SSSR count). The Morgan fingerprint density at radius 1 is 1.27 bits per heavy atom. The second-order valence-corrected chi connectivity index (χ2v) is 7.40. The van der Waals surface area contributed by atoms with E-state index in [0.717, 1.165) is 16.1 Å². The maximum Gasteiger partial charge on any atom is 0.108 e. The molecule has 0 radical (unpaired) electrons. The van der Waals surface area contributed by atoms with Crippen LogP contribution in [0.5, 0.6) is 0 Å². The predicted octanol–water partition coefficient (Wildman–Crippen LogP) is 3.21. The van der Waals surface area contributed by atoms with Crippen LogP contribution in [0.2, 0.25) is 0 Å². The number of hydrogen-bond donors (Lipinski definition) is 2. The quantitative estimate of drug-likeness (QED) is 0.728. The average molecular weight is 333 g/mol. The van der Waals surface area contributed by atoms with E-state index in [1.165, 1.54) is 4.88 Å². The molecular formula is C16H19N3OS2. The Kier molecular flexibility index (Phi) is 4.44. The van der Waals surface area contributed by atoms with Crippen LogP contribution in [-0.4, -0.2) is 21.4 Å². The Labute approximate surface area is 138 Å². The zero-order chi connectivity index (χ0) is 15.6. The minimum Gasteiger partial charge on any atom is -0.383 e. The molecule has 6 heteroatoms. The summed E-state index contributed by atoms with van der Waals surface area (Å²) in [5, 5.41) is 22.5. The largest absolute Gasteiger partial charge is 0.383 e. The first-order valence-corrected chi connectivity index (χ1v) is 8.86. The summed E-state index contributed by atoms with van der Waals surface area (Å²) in [6, 6.07) is 8.05. The molecule has 2 N–H and O–H groups in total. The number of aliphatic hydroxyl groups is 1. The highest BCUT2D eigenvalue weighted by Crippen LogP contribution is 2.27. The van der Waals surface area contributed by atoms with E-state index in [1.807, 2.05) is 48.4 Å². The minimum atomic E-state index is -0.848. The van der Waals surface area contributed by atoms with Crippen molar-refractivity contribution >= 4 is 22.7 Å². The summed E-state index contributed by atoms with van der Waals surface area (Å²) in [6.45, 7) is 3.03. The fourth-order valence-corrected chi connectivity index (χ4v) is 3.93. The van der Waals surface area contributed by atoms with Crippen LogP contribution in [0.15, 0.2) is 41.2 Å². The maximum atomic E-state index is 10.5. The summed E-state index contributed by atoms with van der Waals surface area (Å²) < 4.78 is 1.84. The topological polar surface area (TPSA) is 50.1 Å². The zero-order valence-electron chi connectivity index (χ0n) is 12.6. The molecule has 0 fully saturated rings. The molecule has 22 heavy (non-hydrogen) atoms. The summed E-state index contributed by atoms with van der Waals surface area (Å²) in [4.78, 5) is 2.15. The fraction of sp³-hybridized carbons (Fsp3) is 0.312. The van der Waals surface area contributed by atoms with E-state index in [9.17, 15) is 5.11 Å². The van der Waals surface area contributed by atoms with E-state index in [2.05, 4.69) is 21.9 Å². The molecule has 1 unspecified atom stereocenters. The number of thiophene rings is 2. The van der Waals surface area contributed by atoms with Crippen LogP contribution in [0.3, 0.4) is 0 Å². The van der Waals surface area contributed by atoms with E-state index in [0.29, 0.717) is 13.1 Å². The lowest BCUT2D eigenvalue weighted by Gasteiger charge is -2.22. The van der Waals surface area contributed by atoms with Crippen molar-refractivity contribution in [3.8, 4) is 10.6 Å². The highest BCUT2D eigenvalue weighted by Gasteiger charge is 2.23. The van der Waals surface area contributed by atoms with Crippen molar-refractivity contribution in [2.24, 2.45) is 7.05 Å². The van der Waals surface area contributed by atoms with E-state index >= 15 is 0 Å². The van der Waals surface area contributed by atoms with Crippen LogP contribution in [0.4, 0.5) is 0 Å². The molecule has 0 spiro atoms. The third-order valence-electron chi connectivity index (χ3n) is 3.50. The van der Waals surface area contributed by atoms with Gasteiger partial charge >= 0.3 is 0 Å². The minimum absolute atomic E-state index is 0.506. The van der Waals surface area contributed by atoms with E-state index in [1.54, 1.807) is 22.7 Å². The molecule has 0 aliphatic heterocycles. The Hall–Kier alpha value is -1.47. The average Bonchev–Trinajstić information content (AvgIpc) is 3.20. The molecule has 0 saturated carbocycles. The first-order chi connectivity index (χ1) is 10.6.